The molecule has 3 aromatic rings. The summed E-state index contributed by atoms with van der Waals surface area (Å²) in [6, 6.07) is 14.3. The molecule has 0 fully saturated rings. The molecule has 1 aliphatic heterocycles. The quantitative estimate of drug-likeness (QED) is 0.432. The highest BCUT2D eigenvalue weighted by Crippen LogP contribution is 2.35. The van der Waals surface area contributed by atoms with E-state index in [1.165, 1.54) is 11.3 Å². The number of hydrogen-bond acceptors (Lipinski definition) is 7. The Morgan fingerprint density at radius 2 is 1.83 bits per heavy atom. The van der Waals surface area contributed by atoms with E-state index in [1.807, 2.05) is 75.4 Å². The number of para-hydroxylation sites is 1. The van der Waals surface area contributed by atoms with Crippen LogP contribution in [0.4, 0.5) is 0 Å². The van der Waals surface area contributed by atoms with E-state index in [-0.39, 0.29) is 18.3 Å². The first kappa shape index (κ1) is 25.4. The molecule has 0 N–H and O–H groups in total. The van der Waals surface area contributed by atoms with Crippen LogP contribution in [0.2, 0.25) is 0 Å². The summed E-state index contributed by atoms with van der Waals surface area (Å²) in [5, 5.41) is 0. The number of carbonyl (C=O) groups excluding carboxylic acids is 1. The Balaban J connectivity index is 1.89. The summed E-state index contributed by atoms with van der Waals surface area (Å²) >= 11 is 1.29. The van der Waals surface area contributed by atoms with Gasteiger partial charge >= 0.3 is 5.97 Å². The minimum Gasteiger partial charge on any atom is -0.494 e. The van der Waals surface area contributed by atoms with Gasteiger partial charge in [-0.15, -0.1) is 0 Å². The smallest absolute Gasteiger partial charge is 0.338 e. The molecule has 0 radical (unpaired) electrons. The molecule has 188 valence electrons. The van der Waals surface area contributed by atoms with Gasteiger partial charge in [0.15, 0.2) is 4.80 Å². The summed E-state index contributed by atoms with van der Waals surface area (Å²) in [4.78, 5) is 32.0. The molecule has 2 heterocycles. The minimum atomic E-state index is -0.716. The highest BCUT2D eigenvalue weighted by Gasteiger charge is 2.35. The van der Waals surface area contributed by atoms with Crippen molar-refractivity contribution in [2.45, 2.75) is 46.8 Å². The van der Waals surface area contributed by atoms with Gasteiger partial charge in [0.1, 0.15) is 17.5 Å². The Morgan fingerprint density at radius 3 is 2.50 bits per heavy atom. The molecule has 8 heteroatoms. The average molecular weight is 507 g/mol. The number of aromatic nitrogens is 1. The van der Waals surface area contributed by atoms with Crippen molar-refractivity contribution >= 4 is 23.4 Å². The number of ether oxygens (including phenoxy) is 3. The zero-order chi connectivity index (χ0) is 25.8. The summed E-state index contributed by atoms with van der Waals surface area (Å²) in [6.07, 6.45) is 1.91. The van der Waals surface area contributed by atoms with Crippen molar-refractivity contribution in [3.63, 3.8) is 0 Å². The van der Waals surface area contributed by atoms with Crippen molar-refractivity contribution in [1.29, 1.82) is 0 Å². The van der Waals surface area contributed by atoms with Crippen LogP contribution in [0.1, 0.15) is 51.8 Å². The molecule has 1 aromatic heterocycles. The molecular weight excluding hydrogens is 476 g/mol. The zero-order valence-corrected chi connectivity index (χ0v) is 21.9. The van der Waals surface area contributed by atoms with Gasteiger partial charge in [0, 0.05) is 5.56 Å². The number of carbonyl (C=O) groups is 1. The van der Waals surface area contributed by atoms with E-state index in [1.54, 1.807) is 18.4 Å². The van der Waals surface area contributed by atoms with Gasteiger partial charge in [0.2, 0.25) is 0 Å². The molecule has 0 aliphatic carbocycles. The molecule has 0 saturated heterocycles. The summed E-state index contributed by atoms with van der Waals surface area (Å²) in [6.45, 7) is 10.0. The maximum Gasteiger partial charge on any atom is 0.338 e. The highest BCUT2D eigenvalue weighted by atomic mass is 32.1. The van der Waals surface area contributed by atoms with Crippen LogP contribution in [-0.2, 0) is 9.53 Å². The highest BCUT2D eigenvalue weighted by molar-refractivity contribution is 7.07. The van der Waals surface area contributed by atoms with Crippen LogP contribution in [0.5, 0.6) is 11.5 Å². The SMILES string of the molecule is CCOC(=O)C1=C(C)N=c2s/c(=C\c3ccc(OC(C)C)cc3)c(=O)n2[C@@H]1c1ccccc1OCC. The Labute approximate surface area is 214 Å². The van der Waals surface area contributed by atoms with E-state index in [9.17, 15) is 9.59 Å². The van der Waals surface area contributed by atoms with E-state index in [0.29, 0.717) is 38.5 Å². The van der Waals surface area contributed by atoms with Crippen LogP contribution in [0.3, 0.4) is 0 Å². The second-order valence-electron chi connectivity index (χ2n) is 8.51. The van der Waals surface area contributed by atoms with E-state index >= 15 is 0 Å². The average Bonchev–Trinajstić information content (AvgIpc) is 3.14. The van der Waals surface area contributed by atoms with Crippen LogP contribution >= 0.6 is 11.3 Å². The molecule has 1 aliphatic rings. The largest absolute Gasteiger partial charge is 0.494 e. The number of fused-ring (bicyclic) bond motifs is 1. The van der Waals surface area contributed by atoms with E-state index in [2.05, 4.69) is 4.99 Å². The number of allylic oxidation sites excluding steroid dienone is 1. The lowest BCUT2D eigenvalue weighted by Crippen LogP contribution is -2.40. The molecule has 4 rings (SSSR count). The number of hydrogen-bond donors (Lipinski definition) is 0. The Hall–Kier alpha value is -3.65. The maximum absolute atomic E-state index is 13.8. The van der Waals surface area contributed by atoms with Crippen LogP contribution < -0.4 is 24.4 Å². The molecule has 0 bridgehead atoms. The predicted octanol–water partition coefficient (Wildman–Crippen LogP) is 3.98. The standard InChI is InChI=1S/C28H30N2O5S/c1-6-33-22-11-9-8-10-21(22)25-24(27(32)34-7-2)18(5)29-28-30(25)26(31)23(36-28)16-19-12-14-20(15-13-19)35-17(3)4/h8-17,25H,6-7H2,1-5H3/b23-16-/t25-/m1/s1. The fourth-order valence-electron chi connectivity index (χ4n) is 4.15. The number of nitrogens with zero attached hydrogens (tertiary/aromatic N) is 2. The monoisotopic (exact) mass is 506 g/mol. The lowest BCUT2D eigenvalue weighted by Gasteiger charge is -2.26. The van der Waals surface area contributed by atoms with Gasteiger partial charge in [-0.25, -0.2) is 9.79 Å². The van der Waals surface area contributed by atoms with Gasteiger partial charge < -0.3 is 14.2 Å². The van der Waals surface area contributed by atoms with Crippen molar-refractivity contribution in [2.75, 3.05) is 13.2 Å². The van der Waals surface area contributed by atoms with Crippen LogP contribution in [0, 0.1) is 0 Å². The second kappa shape index (κ2) is 11.0. The third kappa shape index (κ3) is 5.14. The number of esters is 1. The molecule has 2 aromatic carbocycles. The lowest BCUT2D eigenvalue weighted by molar-refractivity contribution is -0.139. The summed E-state index contributed by atoms with van der Waals surface area (Å²) in [7, 11) is 0. The van der Waals surface area contributed by atoms with Crippen molar-refractivity contribution in [3.05, 3.63) is 90.6 Å². The Kier molecular flexibility index (Phi) is 7.74. The molecule has 0 saturated carbocycles. The van der Waals surface area contributed by atoms with Gasteiger partial charge in [-0.1, -0.05) is 41.7 Å². The van der Waals surface area contributed by atoms with Gasteiger partial charge in [0.25, 0.3) is 5.56 Å². The van der Waals surface area contributed by atoms with Crippen molar-refractivity contribution in [1.82, 2.24) is 4.57 Å². The van der Waals surface area contributed by atoms with E-state index < -0.39 is 12.0 Å². The van der Waals surface area contributed by atoms with Gasteiger partial charge in [-0.3, -0.25) is 9.36 Å². The maximum atomic E-state index is 13.8. The molecule has 36 heavy (non-hydrogen) atoms. The number of thiazole rings is 1. The van der Waals surface area contributed by atoms with Gasteiger partial charge in [0.05, 0.1) is 35.1 Å². The first-order valence-electron chi connectivity index (χ1n) is 12.0. The predicted molar refractivity (Wildman–Crippen MR) is 140 cm³/mol. The summed E-state index contributed by atoms with van der Waals surface area (Å²) < 4.78 is 19.0. The van der Waals surface area contributed by atoms with Crippen LogP contribution in [-0.4, -0.2) is 29.9 Å². The van der Waals surface area contributed by atoms with E-state index in [0.717, 1.165) is 11.3 Å². The van der Waals surface area contributed by atoms with Gasteiger partial charge in [-0.2, -0.15) is 0 Å². The van der Waals surface area contributed by atoms with Gasteiger partial charge in [-0.05, 0) is 64.5 Å². The topological polar surface area (TPSA) is 79.1 Å². The molecule has 0 amide bonds. The van der Waals surface area contributed by atoms with Crippen molar-refractivity contribution in [3.8, 4) is 11.5 Å². The first-order chi connectivity index (χ1) is 17.3. The first-order valence-corrected chi connectivity index (χ1v) is 12.8. The summed E-state index contributed by atoms with van der Waals surface area (Å²) in [5.74, 6) is 0.882. The van der Waals surface area contributed by atoms with E-state index in [4.69, 9.17) is 14.2 Å². The number of benzene rings is 2. The molecule has 7 nitrogen and oxygen atoms in total. The van der Waals surface area contributed by atoms with Crippen molar-refractivity contribution < 1.29 is 19.0 Å². The molecule has 0 spiro atoms. The number of rotatable bonds is 8. The fourth-order valence-corrected chi connectivity index (χ4v) is 5.19. The fraction of sp³-hybridized carbons (Fsp3) is 0.321. The summed E-state index contributed by atoms with van der Waals surface area (Å²) in [5.41, 5.74) is 2.20. The zero-order valence-electron chi connectivity index (χ0n) is 21.1. The third-order valence-electron chi connectivity index (χ3n) is 5.58. The normalized spacial score (nSPS) is 15.5. The Bertz CT molecular complexity index is 1460. The molecule has 1 atom stereocenters. The van der Waals surface area contributed by atoms with Crippen molar-refractivity contribution in [2.24, 2.45) is 4.99 Å². The minimum absolute atomic E-state index is 0.0796. The van der Waals surface area contributed by atoms with Crippen LogP contribution in [0.25, 0.3) is 6.08 Å². The molecular formula is C28H30N2O5S. The second-order valence-corrected chi connectivity index (χ2v) is 9.52. The lowest BCUT2D eigenvalue weighted by atomic mass is 9.95. The van der Waals surface area contributed by atoms with Crippen LogP contribution in [0.15, 0.2) is 69.6 Å². The third-order valence-corrected chi connectivity index (χ3v) is 6.56. The molecule has 0 unspecified atom stereocenters. The Morgan fingerprint density at radius 1 is 1.11 bits per heavy atom.